The van der Waals surface area contributed by atoms with Gasteiger partial charge in [0, 0.05) is 31.9 Å². The summed E-state index contributed by atoms with van der Waals surface area (Å²) in [6.45, 7) is 5.31. The molecule has 126 valence electrons. The molecule has 0 saturated carbocycles. The lowest BCUT2D eigenvalue weighted by molar-refractivity contribution is -0.128. The molecule has 2 aromatic rings. The zero-order valence-corrected chi connectivity index (χ0v) is 13.8. The molecule has 0 aliphatic carbocycles. The molecule has 1 N–H and O–H groups in total. The van der Waals surface area contributed by atoms with Gasteiger partial charge in [-0.3, -0.25) is 9.59 Å². The van der Waals surface area contributed by atoms with Crippen LogP contribution in [0.4, 0.5) is 5.69 Å². The van der Waals surface area contributed by atoms with Gasteiger partial charge in [-0.1, -0.05) is 13.8 Å². The first-order valence-corrected chi connectivity index (χ1v) is 8.07. The minimum Gasteiger partial charge on any atom is -0.342 e. The standard InChI is InChI=1S/C17H21N5O2/c1-12(2)10-21-11-13(8-16(21)23)17(24)20-14-4-5-15(18-9-14)22-7-3-6-19-22/h3-7,9,12-13H,8,10-11H2,1-2H3,(H,20,24)/t13-/m1/s1. The Morgan fingerprint density at radius 1 is 1.42 bits per heavy atom. The monoisotopic (exact) mass is 327 g/mol. The third-order valence-electron chi connectivity index (χ3n) is 3.93. The Labute approximate surface area is 140 Å². The average Bonchev–Trinajstić information content (AvgIpc) is 3.18. The molecule has 1 aliphatic rings. The first-order chi connectivity index (χ1) is 11.5. The molecule has 0 spiro atoms. The third kappa shape index (κ3) is 3.61. The largest absolute Gasteiger partial charge is 0.342 e. The maximum atomic E-state index is 12.4. The number of carbonyl (C=O) groups excluding carboxylic acids is 2. The number of carbonyl (C=O) groups is 2. The van der Waals surface area contributed by atoms with E-state index in [2.05, 4.69) is 29.2 Å². The number of rotatable bonds is 5. The summed E-state index contributed by atoms with van der Waals surface area (Å²) in [5.74, 6) is 0.688. The molecule has 2 aromatic heterocycles. The second-order valence-electron chi connectivity index (χ2n) is 6.44. The number of likely N-dealkylation sites (tertiary alicyclic amines) is 1. The van der Waals surface area contributed by atoms with Gasteiger partial charge in [0.1, 0.15) is 0 Å². The maximum Gasteiger partial charge on any atom is 0.229 e. The number of nitrogens with one attached hydrogen (secondary N) is 1. The van der Waals surface area contributed by atoms with Crippen LogP contribution in [0.15, 0.2) is 36.8 Å². The molecule has 2 amide bonds. The number of hydrogen-bond acceptors (Lipinski definition) is 4. The van der Waals surface area contributed by atoms with Gasteiger partial charge >= 0.3 is 0 Å². The van der Waals surface area contributed by atoms with Crippen LogP contribution in [0.25, 0.3) is 5.82 Å². The highest BCUT2D eigenvalue weighted by atomic mass is 16.2. The average molecular weight is 327 g/mol. The van der Waals surface area contributed by atoms with Crippen molar-refractivity contribution >= 4 is 17.5 Å². The van der Waals surface area contributed by atoms with Crippen LogP contribution in [-0.4, -0.2) is 44.6 Å². The number of aromatic nitrogens is 3. The smallest absolute Gasteiger partial charge is 0.229 e. The second-order valence-corrected chi connectivity index (χ2v) is 6.44. The number of amides is 2. The molecule has 3 rings (SSSR count). The fourth-order valence-electron chi connectivity index (χ4n) is 2.81. The fraction of sp³-hybridized carbons (Fsp3) is 0.412. The van der Waals surface area contributed by atoms with Gasteiger partial charge in [-0.2, -0.15) is 5.10 Å². The van der Waals surface area contributed by atoms with Gasteiger partial charge in [0.25, 0.3) is 0 Å². The van der Waals surface area contributed by atoms with Crippen LogP contribution in [0.1, 0.15) is 20.3 Å². The molecule has 0 bridgehead atoms. The van der Waals surface area contributed by atoms with E-state index in [-0.39, 0.29) is 24.2 Å². The molecular weight excluding hydrogens is 306 g/mol. The van der Waals surface area contributed by atoms with Crippen molar-refractivity contribution in [1.82, 2.24) is 19.7 Å². The number of hydrogen-bond donors (Lipinski definition) is 1. The topological polar surface area (TPSA) is 80.1 Å². The molecule has 0 unspecified atom stereocenters. The summed E-state index contributed by atoms with van der Waals surface area (Å²) in [6.07, 6.45) is 5.35. The van der Waals surface area contributed by atoms with Crippen LogP contribution in [0.3, 0.4) is 0 Å². The Hall–Kier alpha value is -2.70. The summed E-state index contributed by atoms with van der Waals surface area (Å²) < 4.78 is 1.64. The van der Waals surface area contributed by atoms with Crippen LogP contribution < -0.4 is 5.32 Å². The van der Waals surface area contributed by atoms with Crippen molar-refractivity contribution in [2.24, 2.45) is 11.8 Å². The van der Waals surface area contributed by atoms with Gasteiger partial charge in [-0.25, -0.2) is 9.67 Å². The van der Waals surface area contributed by atoms with Crippen molar-refractivity contribution < 1.29 is 9.59 Å². The molecule has 24 heavy (non-hydrogen) atoms. The highest BCUT2D eigenvalue weighted by molar-refractivity contribution is 5.97. The minimum atomic E-state index is -0.304. The molecule has 1 atom stereocenters. The lowest BCUT2D eigenvalue weighted by Gasteiger charge is -2.18. The lowest BCUT2D eigenvalue weighted by atomic mass is 10.1. The molecule has 0 radical (unpaired) electrons. The van der Waals surface area contributed by atoms with Gasteiger partial charge < -0.3 is 10.2 Å². The summed E-state index contributed by atoms with van der Waals surface area (Å²) in [5, 5.41) is 6.94. The van der Waals surface area contributed by atoms with Crippen LogP contribution in [0.2, 0.25) is 0 Å². The molecule has 1 aliphatic heterocycles. The summed E-state index contributed by atoms with van der Waals surface area (Å²) in [4.78, 5) is 30.4. The predicted octanol–water partition coefficient (Wildman–Crippen LogP) is 1.71. The number of nitrogens with zero attached hydrogens (tertiary/aromatic N) is 4. The van der Waals surface area contributed by atoms with E-state index in [4.69, 9.17) is 0 Å². The summed E-state index contributed by atoms with van der Waals surface area (Å²) >= 11 is 0. The van der Waals surface area contributed by atoms with Crippen molar-refractivity contribution in [3.05, 3.63) is 36.8 Å². The lowest BCUT2D eigenvalue weighted by Crippen LogP contribution is -2.31. The second kappa shape index (κ2) is 6.82. The van der Waals surface area contributed by atoms with E-state index in [0.717, 1.165) is 0 Å². The zero-order valence-electron chi connectivity index (χ0n) is 13.8. The Morgan fingerprint density at radius 2 is 2.25 bits per heavy atom. The fourth-order valence-corrected chi connectivity index (χ4v) is 2.81. The highest BCUT2D eigenvalue weighted by Crippen LogP contribution is 2.21. The molecule has 1 saturated heterocycles. The first kappa shape index (κ1) is 16.2. The van der Waals surface area contributed by atoms with Crippen molar-refractivity contribution in [3.8, 4) is 5.82 Å². The summed E-state index contributed by atoms with van der Waals surface area (Å²) in [6, 6.07) is 5.38. The predicted molar refractivity (Wildman–Crippen MR) is 89.5 cm³/mol. The van der Waals surface area contributed by atoms with E-state index >= 15 is 0 Å². The van der Waals surface area contributed by atoms with Crippen LogP contribution in [0, 0.1) is 11.8 Å². The first-order valence-electron chi connectivity index (χ1n) is 8.07. The Balaban J connectivity index is 1.60. The molecule has 3 heterocycles. The molecule has 1 fully saturated rings. The summed E-state index contributed by atoms with van der Waals surface area (Å²) in [7, 11) is 0. The maximum absolute atomic E-state index is 12.4. The molecule has 7 nitrogen and oxygen atoms in total. The Morgan fingerprint density at radius 3 is 2.88 bits per heavy atom. The summed E-state index contributed by atoms with van der Waals surface area (Å²) in [5.41, 5.74) is 0.616. The van der Waals surface area contributed by atoms with E-state index in [1.54, 1.807) is 40.3 Å². The van der Waals surface area contributed by atoms with E-state index in [1.165, 1.54) is 0 Å². The van der Waals surface area contributed by atoms with Crippen molar-refractivity contribution in [2.45, 2.75) is 20.3 Å². The van der Waals surface area contributed by atoms with Crippen LogP contribution >= 0.6 is 0 Å². The minimum absolute atomic E-state index is 0.0519. The number of anilines is 1. The van der Waals surface area contributed by atoms with Gasteiger partial charge in [0.05, 0.1) is 17.8 Å². The van der Waals surface area contributed by atoms with Gasteiger partial charge in [0.2, 0.25) is 11.8 Å². The Bertz CT molecular complexity index is 709. The molecule has 7 heteroatoms. The van der Waals surface area contributed by atoms with Gasteiger partial charge in [-0.05, 0) is 24.1 Å². The van der Waals surface area contributed by atoms with E-state index < -0.39 is 0 Å². The third-order valence-corrected chi connectivity index (χ3v) is 3.93. The number of pyridine rings is 1. The van der Waals surface area contributed by atoms with Crippen LogP contribution in [0.5, 0.6) is 0 Å². The van der Waals surface area contributed by atoms with Crippen molar-refractivity contribution in [2.75, 3.05) is 18.4 Å². The molecule has 0 aromatic carbocycles. The van der Waals surface area contributed by atoms with Crippen molar-refractivity contribution in [1.29, 1.82) is 0 Å². The Kier molecular flexibility index (Phi) is 4.59. The molecular formula is C17H21N5O2. The van der Waals surface area contributed by atoms with E-state index in [1.807, 2.05) is 6.07 Å². The van der Waals surface area contributed by atoms with E-state index in [9.17, 15) is 9.59 Å². The van der Waals surface area contributed by atoms with Gasteiger partial charge in [0.15, 0.2) is 5.82 Å². The quantitative estimate of drug-likeness (QED) is 0.906. The SMILES string of the molecule is CC(C)CN1C[C@H](C(=O)Nc2ccc(-n3cccn3)nc2)CC1=O. The van der Waals surface area contributed by atoms with E-state index in [0.29, 0.717) is 30.5 Å². The highest BCUT2D eigenvalue weighted by Gasteiger charge is 2.34. The van der Waals surface area contributed by atoms with Crippen LogP contribution in [-0.2, 0) is 9.59 Å². The van der Waals surface area contributed by atoms with Gasteiger partial charge in [-0.15, -0.1) is 0 Å². The van der Waals surface area contributed by atoms with Crippen molar-refractivity contribution in [3.63, 3.8) is 0 Å². The normalized spacial score (nSPS) is 17.5. The zero-order chi connectivity index (χ0) is 17.1.